The molecule has 4 aromatic rings. The Kier molecular flexibility index (Phi) is 5.72. The maximum atomic E-state index is 13.6. The number of carbonyl (C=O) groups is 1. The summed E-state index contributed by atoms with van der Waals surface area (Å²) in [5.74, 6) is 0.296. The van der Waals surface area contributed by atoms with Gasteiger partial charge in [0.1, 0.15) is 20.5 Å². The van der Waals surface area contributed by atoms with Crippen LogP contribution in [0.15, 0.2) is 40.3 Å². The fraction of sp³-hybridized carbons (Fsp3) is 0.273. The van der Waals surface area contributed by atoms with Gasteiger partial charge in [-0.2, -0.15) is 0 Å². The maximum Gasteiger partial charge on any atom is 0.318 e. The van der Waals surface area contributed by atoms with Crippen molar-refractivity contribution in [1.29, 1.82) is 0 Å². The van der Waals surface area contributed by atoms with Crippen LogP contribution in [0.5, 0.6) is 5.75 Å². The summed E-state index contributed by atoms with van der Waals surface area (Å²) in [6, 6.07) is 9.13. The fourth-order valence-corrected chi connectivity index (χ4v) is 5.53. The number of carbonyl (C=O) groups excluding carboxylic acids is 1. The fourth-order valence-electron chi connectivity index (χ4n) is 3.42. The van der Waals surface area contributed by atoms with Gasteiger partial charge in [-0.3, -0.25) is 14.2 Å². The van der Waals surface area contributed by atoms with Gasteiger partial charge in [0, 0.05) is 11.1 Å². The second-order valence-electron chi connectivity index (χ2n) is 7.06. The largest absolute Gasteiger partial charge is 0.497 e. The second-order valence-corrected chi connectivity index (χ2v) is 9.36. The van der Waals surface area contributed by atoms with Crippen LogP contribution in [-0.2, 0) is 9.53 Å². The van der Waals surface area contributed by atoms with Crippen LogP contribution in [0, 0.1) is 13.8 Å². The predicted molar refractivity (Wildman–Crippen MR) is 124 cm³/mol. The van der Waals surface area contributed by atoms with Crippen LogP contribution < -0.4 is 10.3 Å². The van der Waals surface area contributed by atoms with Crippen molar-refractivity contribution in [1.82, 2.24) is 14.5 Å². The van der Waals surface area contributed by atoms with E-state index in [1.165, 1.54) is 34.8 Å². The van der Waals surface area contributed by atoms with Gasteiger partial charge in [0.05, 0.1) is 25.4 Å². The number of nitrogens with zero attached hydrogens (tertiary/aromatic N) is 3. The van der Waals surface area contributed by atoms with E-state index < -0.39 is 5.25 Å². The molecule has 0 aliphatic heterocycles. The average Bonchev–Trinajstić information content (AvgIpc) is 3.12. The lowest BCUT2D eigenvalue weighted by Crippen LogP contribution is -2.23. The molecule has 0 fully saturated rings. The summed E-state index contributed by atoms with van der Waals surface area (Å²) in [6.07, 6.45) is 0. The highest BCUT2D eigenvalue weighted by Crippen LogP contribution is 2.35. The first-order valence-corrected chi connectivity index (χ1v) is 11.3. The molecule has 0 N–H and O–H groups in total. The van der Waals surface area contributed by atoms with Crippen LogP contribution in [0.25, 0.3) is 26.1 Å². The van der Waals surface area contributed by atoms with E-state index in [2.05, 4.69) is 4.98 Å². The molecule has 0 bridgehead atoms. The number of pyridine rings is 1. The molecule has 0 saturated heterocycles. The third kappa shape index (κ3) is 3.79. The quantitative estimate of drug-likeness (QED) is 0.252. The molecule has 4 rings (SSSR count). The van der Waals surface area contributed by atoms with Crippen LogP contribution in [0.3, 0.4) is 0 Å². The number of ether oxygens (including phenoxy) is 2. The van der Waals surface area contributed by atoms with Crippen LogP contribution in [0.1, 0.15) is 18.2 Å². The molecule has 0 amide bonds. The molecule has 31 heavy (non-hydrogen) atoms. The Bertz CT molecular complexity index is 1360. The molecule has 0 aliphatic rings. The Hall–Kier alpha value is -2.91. The molecule has 1 atom stereocenters. The number of aryl methyl sites for hydroxylation is 2. The van der Waals surface area contributed by atoms with E-state index in [1.54, 1.807) is 38.3 Å². The number of aromatic nitrogens is 3. The Morgan fingerprint density at radius 1 is 1.16 bits per heavy atom. The van der Waals surface area contributed by atoms with Crippen molar-refractivity contribution in [2.24, 2.45) is 0 Å². The molecular formula is C22H21N3O4S2. The minimum Gasteiger partial charge on any atom is -0.497 e. The minimum atomic E-state index is -0.537. The smallest absolute Gasteiger partial charge is 0.318 e. The van der Waals surface area contributed by atoms with Gasteiger partial charge in [-0.1, -0.05) is 11.8 Å². The zero-order chi connectivity index (χ0) is 22.3. The molecule has 3 heterocycles. The maximum absolute atomic E-state index is 13.6. The SMILES string of the molecule is COC(=O)[C@H](C)Sc1nc2c(sc3nc(C)cc(C)c32)c(=O)n1-c1ccc(OC)cc1. The van der Waals surface area contributed by atoms with Crippen molar-refractivity contribution in [3.63, 3.8) is 0 Å². The van der Waals surface area contributed by atoms with Gasteiger partial charge in [-0.05, 0) is 56.7 Å². The Balaban J connectivity index is 2.02. The topological polar surface area (TPSA) is 83.3 Å². The third-order valence-electron chi connectivity index (χ3n) is 4.90. The molecule has 7 nitrogen and oxygen atoms in total. The molecule has 160 valence electrons. The Labute approximate surface area is 187 Å². The third-order valence-corrected chi connectivity index (χ3v) is 7.00. The van der Waals surface area contributed by atoms with E-state index >= 15 is 0 Å². The highest BCUT2D eigenvalue weighted by Gasteiger charge is 2.23. The molecule has 9 heteroatoms. The zero-order valence-corrected chi connectivity index (χ0v) is 19.4. The Morgan fingerprint density at radius 2 is 1.87 bits per heavy atom. The first-order chi connectivity index (χ1) is 14.8. The van der Waals surface area contributed by atoms with Crippen LogP contribution in [0.4, 0.5) is 0 Å². The number of esters is 1. The number of thiophene rings is 1. The van der Waals surface area contributed by atoms with E-state index in [4.69, 9.17) is 14.5 Å². The lowest BCUT2D eigenvalue weighted by molar-refractivity contribution is -0.139. The molecule has 0 unspecified atom stereocenters. The van der Waals surface area contributed by atoms with Crippen molar-refractivity contribution < 1.29 is 14.3 Å². The number of thioether (sulfide) groups is 1. The van der Waals surface area contributed by atoms with Gasteiger partial charge >= 0.3 is 5.97 Å². The highest BCUT2D eigenvalue weighted by molar-refractivity contribution is 8.00. The minimum absolute atomic E-state index is 0.199. The summed E-state index contributed by atoms with van der Waals surface area (Å²) < 4.78 is 12.2. The number of hydrogen-bond donors (Lipinski definition) is 0. The predicted octanol–water partition coefficient (Wildman–Crippen LogP) is 4.27. The molecule has 0 spiro atoms. The van der Waals surface area contributed by atoms with Crippen LogP contribution in [0.2, 0.25) is 0 Å². The van der Waals surface area contributed by atoms with E-state index in [-0.39, 0.29) is 11.5 Å². The van der Waals surface area contributed by atoms with Crippen molar-refractivity contribution >= 4 is 49.5 Å². The monoisotopic (exact) mass is 455 g/mol. The van der Waals surface area contributed by atoms with Crippen molar-refractivity contribution in [3.8, 4) is 11.4 Å². The van der Waals surface area contributed by atoms with Gasteiger partial charge < -0.3 is 9.47 Å². The lowest BCUT2D eigenvalue weighted by Gasteiger charge is -2.15. The standard InChI is InChI=1S/C22H21N3O4S2/c1-11-10-12(2)23-19-16(11)17-18(31-19)20(26)25(14-6-8-15(28-4)9-7-14)22(24-17)30-13(3)21(27)29-5/h6-10,13H,1-5H3/t13-/m0/s1. The molecule has 1 aromatic carbocycles. The number of methoxy groups -OCH3 is 2. The van der Waals surface area contributed by atoms with E-state index in [0.29, 0.717) is 26.8 Å². The molecule has 3 aromatic heterocycles. The number of rotatable bonds is 5. The zero-order valence-electron chi connectivity index (χ0n) is 17.8. The molecule has 0 radical (unpaired) electrons. The molecule has 0 saturated carbocycles. The van der Waals surface area contributed by atoms with Gasteiger partial charge in [0.25, 0.3) is 5.56 Å². The van der Waals surface area contributed by atoms with Crippen molar-refractivity contribution in [2.45, 2.75) is 31.2 Å². The summed E-state index contributed by atoms with van der Waals surface area (Å²) in [7, 11) is 2.93. The number of benzene rings is 1. The lowest BCUT2D eigenvalue weighted by atomic mass is 10.1. The first kappa shape index (κ1) is 21.3. The first-order valence-electron chi connectivity index (χ1n) is 9.56. The summed E-state index contributed by atoms with van der Waals surface area (Å²) in [6.45, 7) is 5.65. The van der Waals surface area contributed by atoms with Gasteiger partial charge in [0.2, 0.25) is 0 Å². The number of hydrogen-bond acceptors (Lipinski definition) is 8. The normalized spacial score (nSPS) is 12.3. The summed E-state index contributed by atoms with van der Waals surface area (Å²) in [5, 5.41) is 0.752. The van der Waals surface area contributed by atoms with Crippen LogP contribution in [-0.4, -0.2) is 40.0 Å². The van der Waals surface area contributed by atoms with Gasteiger partial charge in [-0.15, -0.1) is 11.3 Å². The van der Waals surface area contributed by atoms with Crippen LogP contribution >= 0.6 is 23.1 Å². The Morgan fingerprint density at radius 3 is 2.52 bits per heavy atom. The van der Waals surface area contributed by atoms with Crippen molar-refractivity contribution in [2.75, 3.05) is 14.2 Å². The highest BCUT2D eigenvalue weighted by atomic mass is 32.2. The van der Waals surface area contributed by atoms with Crippen molar-refractivity contribution in [3.05, 3.63) is 51.9 Å². The van der Waals surface area contributed by atoms with Gasteiger partial charge in [0.15, 0.2) is 5.16 Å². The molecular weight excluding hydrogens is 434 g/mol. The van der Waals surface area contributed by atoms with E-state index in [0.717, 1.165) is 21.5 Å². The molecule has 0 aliphatic carbocycles. The summed E-state index contributed by atoms with van der Waals surface area (Å²) >= 11 is 2.53. The average molecular weight is 456 g/mol. The second kappa shape index (κ2) is 8.32. The summed E-state index contributed by atoms with van der Waals surface area (Å²) in [4.78, 5) is 35.9. The van der Waals surface area contributed by atoms with E-state index in [9.17, 15) is 9.59 Å². The number of fused-ring (bicyclic) bond motifs is 3. The summed E-state index contributed by atoms with van der Waals surface area (Å²) in [5.41, 5.74) is 2.95. The van der Waals surface area contributed by atoms with Gasteiger partial charge in [-0.25, -0.2) is 9.97 Å². The van der Waals surface area contributed by atoms with E-state index in [1.807, 2.05) is 19.9 Å².